The van der Waals surface area contributed by atoms with E-state index >= 15 is 0 Å². The second-order valence-electron chi connectivity index (χ2n) is 7.78. The van der Waals surface area contributed by atoms with Gasteiger partial charge in [0.25, 0.3) is 0 Å². The van der Waals surface area contributed by atoms with Gasteiger partial charge in [-0.1, -0.05) is 36.0 Å². The van der Waals surface area contributed by atoms with Crippen LogP contribution >= 0.6 is 11.8 Å². The number of carbonyl (C=O) groups excluding carboxylic acids is 1. The van der Waals surface area contributed by atoms with Crippen LogP contribution in [0.4, 0.5) is 0 Å². The molecule has 0 saturated heterocycles. The van der Waals surface area contributed by atoms with Gasteiger partial charge in [0.05, 0.1) is 24.6 Å². The Hall–Kier alpha value is -2.54. The number of nitrogens with one attached hydrogen (secondary N) is 1. The van der Waals surface area contributed by atoms with E-state index in [-0.39, 0.29) is 11.9 Å². The van der Waals surface area contributed by atoms with Crippen molar-refractivity contribution in [2.45, 2.75) is 55.8 Å². The Kier molecular flexibility index (Phi) is 5.14. The first-order valence-corrected chi connectivity index (χ1v) is 11.2. The van der Waals surface area contributed by atoms with Crippen LogP contribution in [0.3, 0.4) is 0 Å². The van der Waals surface area contributed by atoms with Gasteiger partial charge in [-0.05, 0) is 55.4 Å². The average Bonchev–Trinajstić information content (AvgIpc) is 3.30. The summed E-state index contributed by atoms with van der Waals surface area (Å²) in [7, 11) is 0. The van der Waals surface area contributed by atoms with Crippen molar-refractivity contribution in [2.24, 2.45) is 0 Å². The minimum atomic E-state index is 0.0391. The first-order chi connectivity index (χ1) is 14.3. The molecule has 2 aliphatic rings. The lowest BCUT2D eigenvalue weighted by Gasteiger charge is -2.26. The molecular formula is C22H24N4O2S. The summed E-state index contributed by atoms with van der Waals surface area (Å²) in [5.41, 5.74) is 2.61. The Bertz CT molecular complexity index is 994. The van der Waals surface area contributed by atoms with Gasteiger partial charge in [-0.3, -0.25) is 9.36 Å². The lowest BCUT2D eigenvalue weighted by molar-refractivity contribution is -0.119. The SMILES string of the molecule is O=C(CSc1nnc(C2CC2)n1Cc1ccco1)N[C@H]1CCCc2ccccc21. The minimum Gasteiger partial charge on any atom is -0.467 e. The lowest BCUT2D eigenvalue weighted by Crippen LogP contribution is -2.32. The molecule has 1 fully saturated rings. The van der Waals surface area contributed by atoms with E-state index in [1.165, 1.54) is 22.9 Å². The average molecular weight is 409 g/mol. The Morgan fingerprint density at radius 3 is 2.90 bits per heavy atom. The maximum Gasteiger partial charge on any atom is 0.230 e. The van der Waals surface area contributed by atoms with Crippen LogP contribution in [-0.2, 0) is 17.8 Å². The predicted molar refractivity (Wildman–Crippen MR) is 111 cm³/mol. The maximum atomic E-state index is 12.7. The molecule has 5 rings (SSSR count). The summed E-state index contributed by atoms with van der Waals surface area (Å²) in [5, 5.41) is 12.8. The van der Waals surface area contributed by atoms with Crippen molar-refractivity contribution in [1.29, 1.82) is 0 Å². The summed E-state index contributed by atoms with van der Waals surface area (Å²) in [5.74, 6) is 2.73. The van der Waals surface area contributed by atoms with E-state index in [1.54, 1.807) is 6.26 Å². The van der Waals surface area contributed by atoms with Crippen LogP contribution in [0.15, 0.2) is 52.2 Å². The van der Waals surface area contributed by atoms with Gasteiger partial charge in [0, 0.05) is 5.92 Å². The van der Waals surface area contributed by atoms with E-state index in [0.717, 1.165) is 48.8 Å². The number of hydrogen-bond acceptors (Lipinski definition) is 5. The summed E-state index contributed by atoms with van der Waals surface area (Å²) in [6.45, 7) is 0.603. The third-order valence-corrected chi connectivity index (χ3v) is 6.59. The maximum absolute atomic E-state index is 12.7. The lowest BCUT2D eigenvalue weighted by atomic mass is 9.88. The number of hydrogen-bond donors (Lipinski definition) is 1. The molecule has 0 spiro atoms. The number of aromatic nitrogens is 3. The smallest absolute Gasteiger partial charge is 0.230 e. The number of fused-ring (bicyclic) bond motifs is 1. The molecule has 150 valence electrons. The van der Waals surface area contributed by atoms with Crippen molar-refractivity contribution >= 4 is 17.7 Å². The Morgan fingerprint density at radius 2 is 2.07 bits per heavy atom. The van der Waals surface area contributed by atoms with E-state index < -0.39 is 0 Å². The van der Waals surface area contributed by atoms with Crippen LogP contribution in [0.25, 0.3) is 0 Å². The fraction of sp³-hybridized carbons (Fsp3) is 0.409. The molecule has 6 nitrogen and oxygen atoms in total. The molecule has 1 aromatic carbocycles. The van der Waals surface area contributed by atoms with Crippen molar-refractivity contribution in [3.8, 4) is 0 Å². The molecule has 29 heavy (non-hydrogen) atoms. The molecule has 0 aliphatic heterocycles. The fourth-order valence-corrected chi connectivity index (χ4v) is 4.78. The largest absolute Gasteiger partial charge is 0.467 e. The summed E-state index contributed by atoms with van der Waals surface area (Å²) < 4.78 is 7.61. The third-order valence-electron chi connectivity index (χ3n) is 5.62. The second kappa shape index (κ2) is 8.06. The highest BCUT2D eigenvalue weighted by molar-refractivity contribution is 7.99. The minimum absolute atomic E-state index is 0.0391. The predicted octanol–water partition coefficient (Wildman–Crippen LogP) is 4.08. The van der Waals surface area contributed by atoms with Gasteiger partial charge in [0.2, 0.25) is 5.91 Å². The fourth-order valence-electron chi connectivity index (χ4n) is 4.03. The van der Waals surface area contributed by atoms with Gasteiger partial charge in [0.15, 0.2) is 5.16 Å². The molecule has 2 aliphatic carbocycles. The van der Waals surface area contributed by atoms with Crippen LogP contribution < -0.4 is 5.32 Å². The first-order valence-electron chi connectivity index (χ1n) is 10.2. The number of thioether (sulfide) groups is 1. The third kappa shape index (κ3) is 4.10. The molecule has 1 atom stereocenters. The zero-order chi connectivity index (χ0) is 19.6. The van der Waals surface area contributed by atoms with Crippen molar-refractivity contribution in [3.05, 3.63) is 65.4 Å². The summed E-state index contributed by atoms with van der Waals surface area (Å²) in [6, 6.07) is 12.4. The van der Waals surface area contributed by atoms with Crippen LogP contribution in [0.2, 0.25) is 0 Å². The molecule has 7 heteroatoms. The highest BCUT2D eigenvalue weighted by Crippen LogP contribution is 2.40. The molecule has 2 aromatic heterocycles. The molecule has 0 bridgehead atoms. The van der Waals surface area contributed by atoms with Gasteiger partial charge < -0.3 is 9.73 Å². The van der Waals surface area contributed by atoms with Crippen molar-refractivity contribution in [1.82, 2.24) is 20.1 Å². The summed E-state index contributed by atoms with van der Waals surface area (Å²) >= 11 is 1.45. The van der Waals surface area contributed by atoms with Gasteiger partial charge in [-0.2, -0.15) is 0 Å². The van der Waals surface area contributed by atoms with Crippen LogP contribution in [0.5, 0.6) is 0 Å². The van der Waals surface area contributed by atoms with E-state index in [9.17, 15) is 4.79 Å². The number of carbonyl (C=O) groups is 1. The standard InChI is InChI=1S/C22H24N4O2S/c27-20(23-19-9-3-6-15-5-1-2-8-18(15)19)14-29-22-25-24-21(16-10-11-16)26(22)13-17-7-4-12-28-17/h1-2,4-5,7-8,12,16,19H,3,6,9-11,13-14H2,(H,23,27)/t19-/m0/s1. The topological polar surface area (TPSA) is 73.0 Å². The van der Waals surface area contributed by atoms with Crippen molar-refractivity contribution in [3.63, 3.8) is 0 Å². The molecule has 1 saturated carbocycles. The van der Waals surface area contributed by atoms with Crippen LogP contribution in [-0.4, -0.2) is 26.4 Å². The van der Waals surface area contributed by atoms with Gasteiger partial charge in [0.1, 0.15) is 11.6 Å². The number of amides is 1. The van der Waals surface area contributed by atoms with Crippen molar-refractivity contribution in [2.75, 3.05) is 5.75 Å². The molecule has 0 unspecified atom stereocenters. The number of benzene rings is 1. The summed E-state index contributed by atoms with van der Waals surface area (Å²) in [4.78, 5) is 12.7. The second-order valence-corrected chi connectivity index (χ2v) is 8.72. The number of furan rings is 1. The zero-order valence-corrected chi connectivity index (χ0v) is 17.0. The van der Waals surface area contributed by atoms with Gasteiger partial charge in [-0.15, -0.1) is 10.2 Å². The normalized spacial score (nSPS) is 18.4. The number of rotatable bonds is 7. The van der Waals surface area contributed by atoms with E-state index in [2.05, 4.69) is 44.3 Å². The van der Waals surface area contributed by atoms with Crippen LogP contribution in [0, 0.1) is 0 Å². The quantitative estimate of drug-likeness (QED) is 0.596. The Balaban J connectivity index is 1.25. The highest BCUT2D eigenvalue weighted by Gasteiger charge is 2.31. The first kappa shape index (κ1) is 18.5. The number of aryl methyl sites for hydroxylation is 1. The van der Waals surface area contributed by atoms with Crippen LogP contribution in [0.1, 0.15) is 60.4 Å². The monoisotopic (exact) mass is 408 g/mol. The highest BCUT2D eigenvalue weighted by atomic mass is 32.2. The molecular weight excluding hydrogens is 384 g/mol. The Labute approximate surface area is 174 Å². The number of nitrogens with zero attached hydrogens (tertiary/aromatic N) is 3. The van der Waals surface area contributed by atoms with E-state index in [4.69, 9.17) is 4.42 Å². The molecule has 3 aromatic rings. The molecule has 2 heterocycles. The van der Waals surface area contributed by atoms with Gasteiger partial charge >= 0.3 is 0 Å². The zero-order valence-electron chi connectivity index (χ0n) is 16.2. The van der Waals surface area contributed by atoms with Gasteiger partial charge in [-0.25, -0.2) is 0 Å². The van der Waals surface area contributed by atoms with Crippen molar-refractivity contribution < 1.29 is 9.21 Å². The summed E-state index contributed by atoms with van der Waals surface area (Å²) in [6.07, 6.45) is 7.19. The molecule has 0 radical (unpaired) electrons. The molecule has 1 N–H and O–H groups in total. The molecule has 1 amide bonds. The van der Waals surface area contributed by atoms with E-state index in [1.807, 2.05) is 12.1 Å². The van der Waals surface area contributed by atoms with E-state index in [0.29, 0.717) is 18.2 Å². The Morgan fingerprint density at radius 1 is 1.17 bits per heavy atom.